The van der Waals surface area contributed by atoms with Gasteiger partial charge in [0.2, 0.25) is 0 Å². The fourth-order valence-electron chi connectivity index (χ4n) is 2.52. The number of halogens is 2. The number of esters is 1. The first-order valence-corrected chi connectivity index (χ1v) is 8.84. The Kier molecular flexibility index (Phi) is 7.49. The van der Waals surface area contributed by atoms with Crippen LogP contribution in [-0.2, 0) is 16.1 Å². The number of ether oxygens (including phenoxy) is 2. The van der Waals surface area contributed by atoms with Crippen molar-refractivity contribution >= 4 is 11.9 Å². The quantitative estimate of drug-likeness (QED) is 0.689. The summed E-state index contributed by atoms with van der Waals surface area (Å²) >= 11 is 0. The molecule has 0 aliphatic carbocycles. The van der Waals surface area contributed by atoms with Crippen molar-refractivity contribution in [2.75, 3.05) is 0 Å². The largest absolute Gasteiger partial charge is 0.459 e. The van der Waals surface area contributed by atoms with Crippen LogP contribution < -0.4 is 10.1 Å². The lowest BCUT2D eigenvalue weighted by Gasteiger charge is -2.21. The number of aryl methyl sites for hydroxylation is 1. The van der Waals surface area contributed by atoms with Crippen LogP contribution in [0, 0.1) is 12.8 Å². The smallest absolute Gasteiger partial charge is 0.387 e. The van der Waals surface area contributed by atoms with Gasteiger partial charge in [-0.15, -0.1) is 0 Å². The maximum atomic E-state index is 12.4. The summed E-state index contributed by atoms with van der Waals surface area (Å²) in [6.07, 6.45) is 0. The molecule has 2 aromatic rings. The predicted molar refractivity (Wildman–Crippen MR) is 100 cm³/mol. The van der Waals surface area contributed by atoms with E-state index in [0.717, 1.165) is 5.56 Å². The zero-order valence-electron chi connectivity index (χ0n) is 15.9. The van der Waals surface area contributed by atoms with Crippen molar-refractivity contribution in [1.82, 2.24) is 5.32 Å². The molecule has 0 bridgehead atoms. The first kappa shape index (κ1) is 21.3. The molecule has 2 rings (SSSR count). The minimum Gasteiger partial charge on any atom is -0.459 e. The van der Waals surface area contributed by atoms with Crippen LogP contribution in [-0.4, -0.2) is 24.5 Å². The van der Waals surface area contributed by atoms with Gasteiger partial charge in [0.15, 0.2) is 0 Å². The van der Waals surface area contributed by atoms with E-state index >= 15 is 0 Å². The lowest BCUT2D eigenvalue weighted by molar-refractivity contribution is -0.148. The highest BCUT2D eigenvalue weighted by molar-refractivity contribution is 5.97. The van der Waals surface area contributed by atoms with Gasteiger partial charge in [0.05, 0.1) is 0 Å². The molecule has 0 fully saturated rings. The molecule has 0 aliphatic heterocycles. The lowest BCUT2D eigenvalue weighted by Crippen LogP contribution is -2.45. The molecular weight excluding hydrogens is 368 g/mol. The van der Waals surface area contributed by atoms with Crippen LogP contribution in [0.15, 0.2) is 48.5 Å². The molecule has 0 unspecified atom stereocenters. The summed E-state index contributed by atoms with van der Waals surface area (Å²) in [5.74, 6) is -1.07. The van der Waals surface area contributed by atoms with Crippen molar-refractivity contribution in [2.45, 2.75) is 40.0 Å². The highest BCUT2D eigenvalue weighted by Crippen LogP contribution is 2.16. The third-order valence-electron chi connectivity index (χ3n) is 4.02. The molecule has 0 saturated carbocycles. The van der Waals surface area contributed by atoms with Crippen LogP contribution in [0.5, 0.6) is 5.75 Å². The Bertz CT molecular complexity index is 806. The standard InChI is InChI=1S/C21H23F2NO4/c1-13(2)18(24-19(25)16-6-4-5-14(3)11-16)20(26)27-12-15-7-9-17(10-8-15)28-21(22)23/h4-11,13,18,21H,12H2,1-3H3,(H,24,25)/t18-/m0/s1. The minimum atomic E-state index is -2.90. The van der Waals surface area contributed by atoms with E-state index in [1.54, 1.807) is 32.0 Å². The Hall–Kier alpha value is -2.96. The third-order valence-corrected chi connectivity index (χ3v) is 4.02. The molecule has 5 nitrogen and oxygen atoms in total. The predicted octanol–water partition coefficient (Wildman–Crippen LogP) is 4.09. The zero-order valence-corrected chi connectivity index (χ0v) is 15.9. The zero-order chi connectivity index (χ0) is 20.7. The molecule has 150 valence electrons. The van der Waals surface area contributed by atoms with E-state index in [-0.39, 0.29) is 24.2 Å². The van der Waals surface area contributed by atoms with E-state index in [2.05, 4.69) is 10.1 Å². The molecule has 28 heavy (non-hydrogen) atoms. The summed E-state index contributed by atoms with van der Waals surface area (Å²) in [5.41, 5.74) is 2.02. The third kappa shape index (κ3) is 6.33. The molecule has 0 saturated heterocycles. The van der Waals surface area contributed by atoms with Gasteiger partial charge < -0.3 is 14.8 Å². The average Bonchev–Trinajstić information content (AvgIpc) is 2.64. The first-order valence-electron chi connectivity index (χ1n) is 8.84. The molecule has 0 radical (unpaired) electrons. The molecule has 0 aromatic heterocycles. The van der Waals surface area contributed by atoms with Gasteiger partial charge in [-0.2, -0.15) is 8.78 Å². The molecule has 0 heterocycles. The van der Waals surface area contributed by atoms with Crippen molar-refractivity contribution in [1.29, 1.82) is 0 Å². The Morgan fingerprint density at radius 3 is 2.32 bits per heavy atom. The van der Waals surface area contributed by atoms with Crippen LogP contribution in [0.4, 0.5) is 8.78 Å². The van der Waals surface area contributed by atoms with Crippen molar-refractivity contribution < 1.29 is 27.8 Å². The summed E-state index contributed by atoms with van der Waals surface area (Å²) in [6, 6.07) is 12.0. The number of rotatable bonds is 8. The van der Waals surface area contributed by atoms with Crippen molar-refractivity contribution in [2.24, 2.45) is 5.92 Å². The van der Waals surface area contributed by atoms with Crippen LogP contribution in [0.3, 0.4) is 0 Å². The number of hydrogen-bond donors (Lipinski definition) is 1. The van der Waals surface area contributed by atoms with Crippen molar-refractivity contribution in [3.05, 3.63) is 65.2 Å². The van der Waals surface area contributed by atoms with Gasteiger partial charge in [0, 0.05) is 5.56 Å². The van der Waals surface area contributed by atoms with E-state index in [0.29, 0.717) is 11.1 Å². The van der Waals surface area contributed by atoms with E-state index in [1.165, 1.54) is 24.3 Å². The van der Waals surface area contributed by atoms with Crippen LogP contribution in [0.2, 0.25) is 0 Å². The molecule has 2 aromatic carbocycles. The maximum absolute atomic E-state index is 12.4. The second-order valence-electron chi connectivity index (χ2n) is 6.69. The summed E-state index contributed by atoms with van der Waals surface area (Å²) in [5, 5.41) is 2.71. The normalized spacial score (nSPS) is 12.0. The molecule has 1 atom stereocenters. The van der Waals surface area contributed by atoms with E-state index in [4.69, 9.17) is 4.74 Å². The highest BCUT2D eigenvalue weighted by atomic mass is 19.3. The van der Waals surface area contributed by atoms with Gasteiger partial charge >= 0.3 is 12.6 Å². The monoisotopic (exact) mass is 391 g/mol. The SMILES string of the molecule is Cc1cccc(C(=O)N[C@H](C(=O)OCc2ccc(OC(F)F)cc2)C(C)C)c1. The Morgan fingerprint density at radius 2 is 1.75 bits per heavy atom. The van der Waals surface area contributed by atoms with Gasteiger partial charge in [0.1, 0.15) is 18.4 Å². The van der Waals surface area contributed by atoms with E-state index < -0.39 is 18.6 Å². The summed E-state index contributed by atoms with van der Waals surface area (Å²) in [7, 11) is 0. The summed E-state index contributed by atoms with van der Waals surface area (Å²) in [6.45, 7) is 2.55. The van der Waals surface area contributed by atoms with Crippen molar-refractivity contribution in [3.8, 4) is 5.75 Å². The second kappa shape index (κ2) is 9.82. The van der Waals surface area contributed by atoms with Crippen LogP contribution in [0.25, 0.3) is 0 Å². The Balaban J connectivity index is 1.96. The average molecular weight is 391 g/mol. The van der Waals surface area contributed by atoms with E-state index in [1.807, 2.05) is 13.0 Å². The molecule has 1 amide bonds. The Labute approximate surface area is 162 Å². The molecule has 1 N–H and O–H groups in total. The van der Waals surface area contributed by atoms with Gasteiger partial charge in [0.25, 0.3) is 5.91 Å². The number of carbonyl (C=O) groups is 2. The number of alkyl halides is 2. The Morgan fingerprint density at radius 1 is 1.07 bits per heavy atom. The first-order chi connectivity index (χ1) is 13.3. The highest BCUT2D eigenvalue weighted by Gasteiger charge is 2.26. The topological polar surface area (TPSA) is 64.6 Å². The minimum absolute atomic E-state index is 0.0237. The number of nitrogens with one attached hydrogen (secondary N) is 1. The second-order valence-corrected chi connectivity index (χ2v) is 6.69. The van der Waals surface area contributed by atoms with Crippen LogP contribution >= 0.6 is 0 Å². The molecule has 0 aliphatic rings. The summed E-state index contributed by atoms with van der Waals surface area (Å²) in [4.78, 5) is 24.9. The van der Waals surface area contributed by atoms with Gasteiger partial charge in [-0.25, -0.2) is 4.79 Å². The van der Waals surface area contributed by atoms with Gasteiger partial charge in [-0.3, -0.25) is 4.79 Å². The molecule has 0 spiro atoms. The lowest BCUT2D eigenvalue weighted by atomic mass is 10.0. The fraction of sp³-hybridized carbons (Fsp3) is 0.333. The van der Waals surface area contributed by atoms with Crippen LogP contribution in [0.1, 0.15) is 35.3 Å². The summed E-state index contributed by atoms with van der Waals surface area (Å²) < 4.78 is 33.9. The number of carbonyl (C=O) groups excluding carboxylic acids is 2. The fourth-order valence-corrected chi connectivity index (χ4v) is 2.52. The maximum Gasteiger partial charge on any atom is 0.387 e. The van der Waals surface area contributed by atoms with Crippen molar-refractivity contribution in [3.63, 3.8) is 0 Å². The van der Waals surface area contributed by atoms with E-state index in [9.17, 15) is 18.4 Å². The molecular formula is C21H23F2NO4. The van der Waals surface area contributed by atoms with Gasteiger partial charge in [-0.1, -0.05) is 43.7 Å². The number of amides is 1. The number of hydrogen-bond acceptors (Lipinski definition) is 4. The number of benzene rings is 2. The van der Waals surface area contributed by atoms with Gasteiger partial charge in [-0.05, 0) is 42.7 Å². The molecule has 7 heteroatoms.